The molecule has 0 aliphatic rings. The Bertz CT molecular complexity index is 1200. The maximum absolute atomic E-state index is 11.5. The lowest BCUT2D eigenvalue weighted by atomic mass is 9.86. The van der Waals surface area contributed by atoms with E-state index in [1.165, 1.54) is 16.0 Å². The Morgan fingerprint density at radius 2 is 1.72 bits per heavy atom. The quantitative estimate of drug-likeness (QED) is 0.209. The zero-order chi connectivity index (χ0) is 25.9. The normalized spacial score (nSPS) is 11.9. The molecule has 0 fully saturated rings. The van der Waals surface area contributed by atoms with Gasteiger partial charge >= 0.3 is 0 Å². The molecule has 5 heteroatoms. The van der Waals surface area contributed by atoms with Crippen LogP contribution in [0.5, 0.6) is 11.5 Å². The number of aromatic hydroxyl groups is 1. The van der Waals surface area contributed by atoms with Crippen LogP contribution in [0.25, 0.3) is 11.1 Å². The summed E-state index contributed by atoms with van der Waals surface area (Å²) in [5, 5.41) is 13.1. The van der Waals surface area contributed by atoms with Gasteiger partial charge in [0.25, 0.3) is 0 Å². The Morgan fingerprint density at radius 1 is 1.00 bits per heavy atom. The van der Waals surface area contributed by atoms with Gasteiger partial charge in [-0.1, -0.05) is 61.5 Å². The number of likely N-dealkylation sites (N-methyl/N-ethyl adjacent to an activating group) is 1. The number of carbonyl (C=O) groups excluding carboxylic acids is 1. The Morgan fingerprint density at radius 3 is 2.36 bits per heavy atom. The summed E-state index contributed by atoms with van der Waals surface area (Å²) in [5.74, 6) is 1.05. The SMILES string of the molecule is CCC(=C(c1ccc(O)cc1)c1ccc(OCCNCC=CC(=O)N(C)C)cc1C)c1ccccc1. The summed E-state index contributed by atoms with van der Waals surface area (Å²) in [5.41, 5.74) is 6.93. The van der Waals surface area contributed by atoms with Crippen LogP contribution in [0, 0.1) is 6.92 Å². The molecule has 3 aromatic rings. The van der Waals surface area contributed by atoms with E-state index in [0.29, 0.717) is 19.7 Å². The van der Waals surface area contributed by atoms with E-state index >= 15 is 0 Å². The number of aryl methyl sites for hydroxylation is 1. The van der Waals surface area contributed by atoms with Gasteiger partial charge in [-0.15, -0.1) is 0 Å². The van der Waals surface area contributed by atoms with Crippen LogP contribution in [0.15, 0.2) is 84.9 Å². The fraction of sp³-hybridized carbons (Fsp3) is 0.258. The molecule has 0 spiro atoms. The van der Waals surface area contributed by atoms with E-state index in [1.807, 2.05) is 30.3 Å². The van der Waals surface area contributed by atoms with E-state index in [0.717, 1.165) is 34.4 Å². The summed E-state index contributed by atoms with van der Waals surface area (Å²) >= 11 is 0. The lowest BCUT2D eigenvalue weighted by Gasteiger charge is -2.19. The van der Waals surface area contributed by atoms with Gasteiger partial charge < -0.3 is 20.1 Å². The highest BCUT2D eigenvalue weighted by Gasteiger charge is 2.15. The molecular weight excluding hydrogens is 448 g/mol. The summed E-state index contributed by atoms with van der Waals surface area (Å²) in [4.78, 5) is 13.1. The van der Waals surface area contributed by atoms with E-state index in [2.05, 4.69) is 55.6 Å². The number of phenols is 1. The van der Waals surface area contributed by atoms with Gasteiger partial charge in [-0.25, -0.2) is 0 Å². The molecule has 0 saturated heterocycles. The van der Waals surface area contributed by atoms with Crippen molar-refractivity contribution in [3.63, 3.8) is 0 Å². The van der Waals surface area contributed by atoms with E-state index in [1.54, 1.807) is 32.3 Å². The highest BCUT2D eigenvalue weighted by atomic mass is 16.5. The maximum atomic E-state index is 11.5. The van der Waals surface area contributed by atoms with Crippen molar-refractivity contribution in [1.82, 2.24) is 10.2 Å². The minimum absolute atomic E-state index is 0.0252. The third kappa shape index (κ3) is 7.33. The maximum Gasteiger partial charge on any atom is 0.245 e. The van der Waals surface area contributed by atoms with Crippen LogP contribution < -0.4 is 10.1 Å². The smallest absolute Gasteiger partial charge is 0.245 e. The summed E-state index contributed by atoms with van der Waals surface area (Å²) in [6.45, 7) is 6.09. The van der Waals surface area contributed by atoms with Crippen molar-refractivity contribution in [2.45, 2.75) is 20.3 Å². The number of hydrogen-bond acceptors (Lipinski definition) is 4. The van der Waals surface area contributed by atoms with Crippen molar-refractivity contribution in [2.24, 2.45) is 0 Å². The molecule has 0 atom stereocenters. The second-order valence-electron chi connectivity index (χ2n) is 8.78. The van der Waals surface area contributed by atoms with Crippen LogP contribution in [-0.2, 0) is 4.79 Å². The van der Waals surface area contributed by atoms with Gasteiger partial charge in [0.15, 0.2) is 0 Å². The van der Waals surface area contributed by atoms with Gasteiger partial charge in [0, 0.05) is 33.3 Å². The zero-order valence-electron chi connectivity index (χ0n) is 21.6. The standard InChI is InChI=1S/C31H36N2O3/c1-5-28(24-10-7-6-8-11-24)31(25-13-15-26(34)16-14-25)29-18-17-27(22-23(29)2)36-21-20-32-19-9-12-30(35)33(3)4/h6-18,22,32,34H,5,19-21H2,1-4H3. The molecule has 0 heterocycles. The monoisotopic (exact) mass is 484 g/mol. The van der Waals surface area contributed by atoms with Crippen LogP contribution >= 0.6 is 0 Å². The lowest BCUT2D eigenvalue weighted by Crippen LogP contribution is -2.22. The molecule has 5 nitrogen and oxygen atoms in total. The van der Waals surface area contributed by atoms with Crippen molar-refractivity contribution in [2.75, 3.05) is 33.8 Å². The molecule has 0 radical (unpaired) electrons. The lowest BCUT2D eigenvalue weighted by molar-refractivity contribution is -0.123. The number of rotatable bonds is 11. The van der Waals surface area contributed by atoms with Crippen LogP contribution in [0.2, 0.25) is 0 Å². The Labute approximate surface area is 214 Å². The van der Waals surface area contributed by atoms with Gasteiger partial charge in [-0.05, 0) is 71.0 Å². The van der Waals surface area contributed by atoms with Gasteiger partial charge in [0.1, 0.15) is 18.1 Å². The molecule has 36 heavy (non-hydrogen) atoms. The molecule has 2 N–H and O–H groups in total. The van der Waals surface area contributed by atoms with Crippen LogP contribution in [0.3, 0.4) is 0 Å². The van der Waals surface area contributed by atoms with Gasteiger partial charge in [0.05, 0.1) is 0 Å². The number of ether oxygens (including phenoxy) is 1. The fourth-order valence-corrected chi connectivity index (χ4v) is 4.03. The van der Waals surface area contributed by atoms with E-state index in [-0.39, 0.29) is 11.7 Å². The molecular formula is C31H36N2O3. The molecule has 3 aromatic carbocycles. The largest absolute Gasteiger partial charge is 0.508 e. The molecule has 188 valence electrons. The van der Waals surface area contributed by atoms with Crippen molar-refractivity contribution < 1.29 is 14.6 Å². The number of amides is 1. The first-order valence-corrected chi connectivity index (χ1v) is 12.3. The predicted octanol–water partition coefficient (Wildman–Crippen LogP) is 5.68. The molecule has 3 rings (SSSR count). The second-order valence-corrected chi connectivity index (χ2v) is 8.78. The zero-order valence-corrected chi connectivity index (χ0v) is 21.6. The molecule has 1 amide bonds. The van der Waals surface area contributed by atoms with Crippen LogP contribution in [0.1, 0.15) is 35.6 Å². The first-order chi connectivity index (χ1) is 17.4. The van der Waals surface area contributed by atoms with E-state index in [9.17, 15) is 9.90 Å². The van der Waals surface area contributed by atoms with Gasteiger partial charge in [0.2, 0.25) is 5.91 Å². The number of benzene rings is 3. The number of carbonyl (C=O) groups is 1. The predicted molar refractivity (Wildman–Crippen MR) is 148 cm³/mol. The highest BCUT2D eigenvalue weighted by Crippen LogP contribution is 2.37. The van der Waals surface area contributed by atoms with Gasteiger partial charge in [-0.3, -0.25) is 4.79 Å². The number of nitrogens with one attached hydrogen (secondary N) is 1. The number of nitrogens with zero attached hydrogens (tertiary/aromatic N) is 1. The van der Waals surface area contributed by atoms with Crippen LogP contribution in [0.4, 0.5) is 0 Å². The Hall–Kier alpha value is -3.83. The summed E-state index contributed by atoms with van der Waals surface area (Å²) in [6, 6.07) is 24.1. The second kappa shape index (κ2) is 13.3. The van der Waals surface area contributed by atoms with E-state index in [4.69, 9.17) is 4.74 Å². The number of hydrogen-bond donors (Lipinski definition) is 2. The number of allylic oxidation sites excluding steroid dienone is 1. The topological polar surface area (TPSA) is 61.8 Å². The Balaban J connectivity index is 1.77. The van der Waals surface area contributed by atoms with Crippen molar-refractivity contribution >= 4 is 17.1 Å². The summed E-state index contributed by atoms with van der Waals surface area (Å²) in [6.07, 6.45) is 4.25. The highest BCUT2D eigenvalue weighted by molar-refractivity contribution is 5.99. The minimum atomic E-state index is -0.0252. The van der Waals surface area contributed by atoms with Crippen molar-refractivity contribution in [1.29, 1.82) is 0 Å². The van der Waals surface area contributed by atoms with Crippen molar-refractivity contribution in [3.8, 4) is 11.5 Å². The molecule has 0 bridgehead atoms. The average molecular weight is 485 g/mol. The Kier molecular flexibility index (Phi) is 9.90. The minimum Gasteiger partial charge on any atom is -0.508 e. The first-order valence-electron chi connectivity index (χ1n) is 12.3. The third-order valence-corrected chi connectivity index (χ3v) is 5.91. The molecule has 0 saturated carbocycles. The summed E-state index contributed by atoms with van der Waals surface area (Å²) < 4.78 is 5.97. The van der Waals surface area contributed by atoms with Crippen molar-refractivity contribution in [3.05, 3.63) is 107 Å². The van der Waals surface area contributed by atoms with Gasteiger partial charge in [-0.2, -0.15) is 0 Å². The molecule has 0 unspecified atom stereocenters. The van der Waals surface area contributed by atoms with E-state index < -0.39 is 0 Å². The fourth-order valence-electron chi connectivity index (χ4n) is 4.03. The molecule has 0 aromatic heterocycles. The average Bonchev–Trinajstić information content (AvgIpc) is 2.88. The molecule has 0 aliphatic carbocycles. The van der Waals surface area contributed by atoms with Crippen LogP contribution in [-0.4, -0.2) is 49.7 Å². The molecule has 0 aliphatic heterocycles. The third-order valence-electron chi connectivity index (χ3n) is 5.91. The number of phenolic OH excluding ortho intramolecular Hbond substituents is 1. The summed E-state index contributed by atoms with van der Waals surface area (Å²) in [7, 11) is 3.46. The first kappa shape index (κ1) is 26.8.